The van der Waals surface area contributed by atoms with E-state index >= 15 is 0 Å². The number of ether oxygens (including phenoxy) is 2. The molecule has 0 rings (SSSR count). The minimum atomic E-state index is -0.130. The summed E-state index contributed by atoms with van der Waals surface area (Å²) in [4.78, 5) is 26.2. The molecule has 0 fully saturated rings. The van der Waals surface area contributed by atoms with Gasteiger partial charge in [-0.05, 0) is 12.8 Å². The van der Waals surface area contributed by atoms with Crippen molar-refractivity contribution in [1.82, 2.24) is 5.32 Å². The third-order valence-corrected chi connectivity index (χ3v) is 2.20. The first-order valence-electron chi connectivity index (χ1n) is 6.59. The molecule has 0 atom stereocenters. The van der Waals surface area contributed by atoms with Gasteiger partial charge in [0.05, 0.1) is 19.8 Å². The molecule has 2 amide bonds. The molecule has 0 bridgehead atoms. The molecule has 0 saturated carbocycles. The molecule has 19 heavy (non-hydrogen) atoms. The fraction of sp³-hybridized carbons (Fsp3) is 0.769. The number of amides is 2. The van der Waals surface area contributed by atoms with E-state index in [1.54, 1.807) is 7.11 Å². The van der Waals surface area contributed by atoms with Crippen LogP contribution in [0.15, 0.2) is 4.99 Å². The summed E-state index contributed by atoms with van der Waals surface area (Å²) in [5.41, 5.74) is 0. The van der Waals surface area contributed by atoms with E-state index in [4.69, 9.17) is 9.47 Å². The molecule has 0 aromatic carbocycles. The molecule has 0 saturated heterocycles. The molecule has 6 nitrogen and oxygen atoms in total. The van der Waals surface area contributed by atoms with Crippen LogP contribution in [-0.4, -0.2) is 51.5 Å². The predicted molar refractivity (Wildman–Crippen MR) is 73.3 cm³/mol. The highest BCUT2D eigenvalue weighted by Crippen LogP contribution is 1.91. The number of methoxy groups -OCH3 is 1. The summed E-state index contributed by atoms with van der Waals surface area (Å²) in [7, 11) is 1.61. The molecule has 0 radical (unpaired) electrons. The molecular weight excluding hydrogens is 248 g/mol. The van der Waals surface area contributed by atoms with Crippen molar-refractivity contribution in [3.63, 3.8) is 0 Å². The number of aliphatic imine (C=N–C) groups is 1. The summed E-state index contributed by atoms with van der Waals surface area (Å²) >= 11 is 0. The Bertz CT molecular complexity index is 280. The van der Waals surface area contributed by atoms with Gasteiger partial charge in [-0.3, -0.25) is 9.59 Å². The van der Waals surface area contributed by atoms with Crippen LogP contribution in [0.5, 0.6) is 0 Å². The van der Waals surface area contributed by atoms with E-state index in [9.17, 15) is 9.59 Å². The van der Waals surface area contributed by atoms with Gasteiger partial charge < -0.3 is 14.8 Å². The quantitative estimate of drug-likeness (QED) is 0.448. The predicted octanol–water partition coefficient (Wildman–Crippen LogP) is 0.943. The minimum Gasteiger partial charge on any atom is -0.382 e. The Balaban J connectivity index is 3.42. The van der Waals surface area contributed by atoms with Crippen molar-refractivity contribution in [3.8, 4) is 0 Å². The summed E-state index contributed by atoms with van der Waals surface area (Å²) in [6.07, 6.45) is 3.57. The summed E-state index contributed by atoms with van der Waals surface area (Å²) in [5.74, 6) is -0.195. The number of nitrogens with zero attached hydrogens (tertiary/aromatic N) is 1. The van der Waals surface area contributed by atoms with Crippen LogP contribution in [0.2, 0.25) is 0 Å². The van der Waals surface area contributed by atoms with Crippen LogP contribution in [0.25, 0.3) is 0 Å². The Morgan fingerprint density at radius 3 is 2.68 bits per heavy atom. The number of hydrogen-bond acceptors (Lipinski definition) is 4. The van der Waals surface area contributed by atoms with Crippen LogP contribution < -0.4 is 5.32 Å². The first-order valence-corrected chi connectivity index (χ1v) is 6.59. The van der Waals surface area contributed by atoms with Gasteiger partial charge in [0, 0.05) is 32.7 Å². The number of hydrogen-bond donors (Lipinski definition) is 1. The first-order chi connectivity index (χ1) is 9.20. The van der Waals surface area contributed by atoms with Crippen molar-refractivity contribution < 1.29 is 19.1 Å². The maximum atomic E-state index is 11.4. The van der Waals surface area contributed by atoms with Gasteiger partial charge in [-0.1, -0.05) is 6.92 Å². The molecule has 1 N–H and O–H groups in total. The monoisotopic (exact) mass is 272 g/mol. The molecule has 0 aliphatic carbocycles. The van der Waals surface area contributed by atoms with E-state index in [0.717, 1.165) is 6.42 Å². The maximum absolute atomic E-state index is 11.4. The fourth-order valence-electron chi connectivity index (χ4n) is 1.24. The molecule has 0 spiro atoms. The molecule has 0 aromatic rings. The van der Waals surface area contributed by atoms with Gasteiger partial charge in [0.1, 0.15) is 0 Å². The summed E-state index contributed by atoms with van der Waals surface area (Å²) in [6.45, 7) is 3.96. The molecule has 110 valence electrons. The van der Waals surface area contributed by atoms with Crippen molar-refractivity contribution in [1.29, 1.82) is 0 Å². The van der Waals surface area contributed by atoms with Crippen LogP contribution in [-0.2, 0) is 19.1 Å². The normalized spacial score (nSPS) is 10.8. The van der Waals surface area contributed by atoms with Crippen molar-refractivity contribution >= 4 is 18.0 Å². The van der Waals surface area contributed by atoms with Gasteiger partial charge in [0.15, 0.2) is 0 Å². The molecule has 0 unspecified atom stereocenters. The third-order valence-electron chi connectivity index (χ3n) is 2.20. The van der Waals surface area contributed by atoms with Gasteiger partial charge >= 0.3 is 0 Å². The van der Waals surface area contributed by atoms with Gasteiger partial charge in [0.2, 0.25) is 11.8 Å². The zero-order valence-corrected chi connectivity index (χ0v) is 11.8. The van der Waals surface area contributed by atoms with Crippen molar-refractivity contribution in [2.75, 3.05) is 33.5 Å². The largest absolute Gasteiger partial charge is 0.382 e. The lowest BCUT2D eigenvalue weighted by molar-refractivity contribution is -0.121. The second-order valence-electron chi connectivity index (χ2n) is 3.95. The number of carbonyl (C=O) groups excluding carboxylic acids is 2. The lowest BCUT2D eigenvalue weighted by Gasteiger charge is -2.05. The zero-order chi connectivity index (χ0) is 14.3. The van der Waals surface area contributed by atoms with E-state index in [2.05, 4.69) is 10.3 Å². The molecule has 6 heteroatoms. The summed E-state index contributed by atoms with van der Waals surface area (Å²) in [6, 6.07) is 0. The lowest BCUT2D eigenvalue weighted by Crippen LogP contribution is -2.27. The molecule has 0 aliphatic heterocycles. The van der Waals surface area contributed by atoms with Crippen molar-refractivity contribution in [2.24, 2.45) is 4.99 Å². The topological polar surface area (TPSA) is 77.0 Å². The van der Waals surface area contributed by atoms with Gasteiger partial charge in [-0.25, -0.2) is 4.99 Å². The molecular formula is C13H24N2O4. The highest BCUT2D eigenvalue weighted by atomic mass is 16.5. The van der Waals surface area contributed by atoms with Crippen molar-refractivity contribution in [3.05, 3.63) is 0 Å². The maximum Gasteiger partial charge on any atom is 0.245 e. The van der Waals surface area contributed by atoms with Crippen LogP contribution in [0, 0.1) is 0 Å². The van der Waals surface area contributed by atoms with E-state index in [0.29, 0.717) is 45.6 Å². The third kappa shape index (κ3) is 13.0. The van der Waals surface area contributed by atoms with E-state index in [1.165, 1.54) is 6.21 Å². The zero-order valence-electron chi connectivity index (χ0n) is 11.8. The first kappa shape index (κ1) is 17.7. The number of nitrogens with one attached hydrogen (secondary N) is 1. The van der Waals surface area contributed by atoms with Crippen LogP contribution in [0.3, 0.4) is 0 Å². The van der Waals surface area contributed by atoms with Gasteiger partial charge in [-0.15, -0.1) is 0 Å². The Hall–Kier alpha value is -1.27. The number of carbonyl (C=O) groups is 2. The van der Waals surface area contributed by atoms with Gasteiger partial charge in [-0.2, -0.15) is 0 Å². The Morgan fingerprint density at radius 2 is 2.00 bits per heavy atom. The van der Waals surface area contributed by atoms with E-state index < -0.39 is 0 Å². The van der Waals surface area contributed by atoms with Crippen LogP contribution in [0.4, 0.5) is 0 Å². The number of rotatable bonds is 11. The van der Waals surface area contributed by atoms with E-state index in [-0.39, 0.29) is 11.8 Å². The standard InChI is InChI=1S/C13H24N2O4/c1-3-5-12(16)14-7-4-6-13(17)15-8-9-19-11-10-18-2/h7H,3-6,8-11H2,1-2H3,(H,15,17). The van der Waals surface area contributed by atoms with E-state index in [1.807, 2.05) is 6.92 Å². The average Bonchev–Trinajstić information content (AvgIpc) is 2.39. The van der Waals surface area contributed by atoms with Crippen molar-refractivity contribution in [2.45, 2.75) is 32.6 Å². The second-order valence-corrected chi connectivity index (χ2v) is 3.95. The highest BCUT2D eigenvalue weighted by molar-refractivity contribution is 5.86. The van der Waals surface area contributed by atoms with Crippen LogP contribution >= 0.6 is 0 Å². The lowest BCUT2D eigenvalue weighted by atomic mass is 10.3. The Labute approximate surface area is 114 Å². The Morgan fingerprint density at radius 1 is 1.21 bits per heavy atom. The second kappa shape index (κ2) is 13.2. The SMILES string of the molecule is CCCC(=O)N=CCCC(=O)NCCOCCOC. The molecule has 0 heterocycles. The fourth-order valence-corrected chi connectivity index (χ4v) is 1.24. The van der Waals surface area contributed by atoms with Crippen LogP contribution in [0.1, 0.15) is 32.6 Å². The summed E-state index contributed by atoms with van der Waals surface area (Å²) < 4.78 is 10.0. The smallest absolute Gasteiger partial charge is 0.245 e. The molecule has 0 aromatic heterocycles. The molecule has 0 aliphatic rings. The average molecular weight is 272 g/mol. The Kier molecular flexibility index (Phi) is 12.3. The minimum absolute atomic E-state index is 0.0651. The van der Waals surface area contributed by atoms with Gasteiger partial charge in [0.25, 0.3) is 0 Å². The highest BCUT2D eigenvalue weighted by Gasteiger charge is 1.99. The summed E-state index contributed by atoms with van der Waals surface area (Å²) in [5, 5.41) is 2.72.